The Hall–Kier alpha value is -2.31. The highest BCUT2D eigenvalue weighted by molar-refractivity contribution is 6.40. The third-order valence-electron chi connectivity index (χ3n) is 3.33. The number of carbonyl (C=O) groups is 1. The van der Waals surface area contributed by atoms with Crippen LogP contribution in [0, 0.1) is 5.21 Å². The molecule has 0 saturated heterocycles. The average Bonchev–Trinajstić information content (AvgIpc) is 2.99. The lowest BCUT2D eigenvalue weighted by molar-refractivity contribution is -0.605. The van der Waals surface area contributed by atoms with Gasteiger partial charge in [-0.3, -0.25) is 14.7 Å². The lowest BCUT2D eigenvalue weighted by atomic mass is 10.2. The highest BCUT2D eigenvalue weighted by Crippen LogP contribution is 2.30. The summed E-state index contributed by atoms with van der Waals surface area (Å²) in [6, 6.07) is 8.06. The van der Waals surface area contributed by atoms with Crippen LogP contribution in [0.25, 0.3) is 0 Å². The number of hydrogen-bond donors (Lipinski definition) is 1. The van der Waals surface area contributed by atoms with Gasteiger partial charge in [0.25, 0.3) is 5.91 Å². The molecule has 1 aliphatic rings. The molecule has 0 spiro atoms. The average molecular weight is 351 g/mol. The number of para-hydroxylation sites is 1. The predicted octanol–water partition coefficient (Wildman–Crippen LogP) is 2.55. The van der Waals surface area contributed by atoms with Gasteiger partial charge in [0.05, 0.1) is 27.8 Å². The molecule has 2 heterocycles. The molecule has 1 aromatic heterocycles. The zero-order valence-electron chi connectivity index (χ0n) is 11.9. The maximum absolute atomic E-state index is 12.6. The van der Waals surface area contributed by atoms with Gasteiger partial charge in [0.1, 0.15) is 0 Å². The van der Waals surface area contributed by atoms with Gasteiger partial charge in [-0.1, -0.05) is 29.3 Å². The summed E-state index contributed by atoms with van der Waals surface area (Å²) in [5.41, 5.74) is 0.901. The fourth-order valence-electron chi connectivity index (χ4n) is 2.19. The van der Waals surface area contributed by atoms with Crippen LogP contribution in [-0.2, 0) is 0 Å². The van der Waals surface area contributed by atoms with E-state index in [4.69, 9.17) is 23.2 Å². The van der Waals surface area contributed by atoms with Crippen LogP contribution in [-0.4, -0.2) is 29.9 Å². The summed E-state index contributed by atoms with van der Waals surface area (Å²) in [6.45, 7) is 0.917. The van der Waals surface area contributed by atoms with Crippen LogP contribution in [0.15, 0.2) is 47.7 Å². The van der Waals surface area contributed by atoms with Crippen molar-refractivity contribution in [3.63, 3.8) is 0 Å². The summed E-state index contributed by atoms with van der Waals surface area (Å²) in [5.74, 6) is 0.126. The standard InChI is InChI=1S/C15H12Cl2N4O2/c16-11-2-1-3-12(17)13(11)19-15-18-6-9-21(15)14(22)10-4-7-20(23)8-5-10/h1-5,7-8H,6,9H2,(H,18,19). The second kappa shape index (κ2) is 6.44. The van der Waals surface area contributed by atoms with Crippen molar-refractivity contribution < 1.29 is 9.52 Å². The SMILES string of the molecule is O=C(c1cc[n+]([O-])cc1)N1CCN=C1Nc1c(Cl)cccc1Cl. The Morgan fingerprint density at radius 1 is 1.22 bits per heavy atom. The summed E-state index contributed by atoms with van der Waals surface area (Å²) >= 11 is 12.3. The Labute approximate surface area is 142 Å². The highest BCUT2D eigenvalue weighted by Gasteiger charge is 2.26. The summed E-state index contributed by atoms with van der Waals surface area (Å²) in [7, 11) is 0. The first-order valence-corrected chi connectivity index (χ1v) is 7.58. The van der Waals surface area contributed by atoms with Gasteiger partial charge >= 0.3 is 0 Å². The van der Waals surface area contributed by atoms with E-state index < -0.39 is 0 Å². The maximum Gasteiger partial charge on any atom is 0.261 e. The first-order valence-electron chi connectivity index (χ1n) is 6.82. The summed E-state index contributed by atoms with van der Waals surface area (Å²) < 4.78 is 0.623. The van der Waals surface area contributed by atoms with Crippen molar-refractivity contribution in [3.8, 4) is 0 Å². The van der Waals surface area contributed by atoms with Crippen molar-refractivity contribution in [3.05, 3.63) is 63.5 Å². The van der Waals surface area contributed by atoms with Crippen LogP contribution in [0.1, 0.15) is 10.4 Å². The normalized spacial score (nSPS) is 13.8. The number of hydrogen-bond acceptors (Lipinski definition) is 4. The minimum atomic E-state index is -0.252. The monoisotopic (exact) mass is 350 g/mol. The zero-order valence-corrected chi connectivity index (χ0v) is 13.4. The number of nitrogens with zero attached hydrogens (tertiary/aromatic N) is 3. The Balaban J connectivity index is 1.83. The molecule has 23 heavy (non-hydrogen) atoms. The second-order valence-corrected chi connectivity index (χ2v) is 5.64. The van der Waals surface area contributed by atoms with Gasteiger partial charge in [-0.05, 0) is 12.1 Å². The predicted molar refractivity (Wildman–Crippen MR) is 88.8 cm³/mol. The Morgan fingerprint density at radius 2 is 1.87 bits per heavy atom. The first-order chi connectivity index (χ1) is 11.1. The van der Waals surface area contributed by atoms with Gasteiger partial charge in [0, 0.05) is 18.7 Å². The molecule has 1 amide bonds. The molecule has 0 saturated carbocycles. The fourth-order valence-corrected chi connectivity index (χ4v) is 2.68. The van der Waals surface area contributed by atoms with E-state index in [1.165, 1.54) is 29.4 Å². The number of rotatable bonds is 2. The van der Waals surface area contributed by atoms with E-state index >= 15 is 0 Å². The van der Waals surface area contributed by atoms with Crippen molar-refractivity contribution in [2.75, 3.05) is 18.4 Å². The van der Waals surface area contributed by atoms with E-state index in [9.17, 15) is 10.0 Å². The van der Waals surface area contributed by atoms with Crippen LogP contribution in [0.2, 0.25) is 10.0 Å². The number of anilines is 1. The number of benzene rings is 1. The van der Waals surface area contributed by atoms with Gasteiger partial charge in [0.2, 0.25) is 5.96 Å². The Kier molecular flexibility index (Phi) is 4.36. The highest BCUT2D eigenvalue weighted by atomic mass is 35.5. The molecule has 6 nitrogen and oxygen atoms in total. The molecule has 0 aliphatic carbocycles. The molecular weight excluding hydrogens is 339 g/mol. The molecule has 0 atom stereocenters. The molecular formula is C15H12Cl2N4O2. The van der Waals surface area contributed by atoms with E-state index in [0.717, 1.165) is 0 Å². The molecule has 1 aromatic carbocycles. The zero-order chi connectivity index (χ0) is 16.4. The van der Waals surface area contributed by atoms with E-state index in [0.29, 0.717) is 45.1 Å². The number of halogens is 2. The van der Waals surface area contributed by atoms with Crippen LogP contribution in [0.4, 0.5) is 5.69 Å². The molecule has 0 unspecified atom stereocenters. The second-order valence-electron chi connectivity index (χ2n) is 4.83. The van der Waals surface area contributed by atoms with Gasteiger partial charge in [-0.2, -0.15) is 4.73 Å². The molecule has 2 aromatic rings. The number of pyridine rings is 1. The van der Waals surface area contributed by atoms with Crippen molar-refractivity contribution >= 4 is 40.8 Å². The van der Waals surface area contributed by atoms with Gasteiger partial charge in [-0.25, -0.2) is 0 Å². The minimum absolute atomic E-state index is 0.252. The van der Waals surface area contributed by atoms with Crippen LogP contribution in [0.3, 0.4) is 0 Å². The van der Waals surface area contributed by atoms with Gasteiger partial charge in [0.15, 0.2) is 12.4 Å². The lowest BCUT2D eigenvalue weighted by Gasteiger charge is -2.20. The largest absolute Gasteiger partial charge is 0.619 e. The number of aliphatic imine (C=N–C) groups is 1. The van der Waals surface area contributed by atoms with Crippen LogP contribution in [0.5, 0.6) is 0 Å². The minimum Gasteiger partial charge on any atom is -0.619 e. The number of amides is 1. The Morgan fingerprint density at radius 3 is 2.52 bits per heavy atom. The van der Waals surface area contributed by atoms with E-state index in [2.05, 4.69) is 10.3 Å². The molecule has 1 aliphatic heterocycles. The van der Waals surface area contributed by atoms with Crippen molar-refractivity contribution in [2.24, 2.45) is 4.99 Å². The molecule has 0 bridgehead atoms. The summed E-state index contributed by atoms with van der Waals surface area (Å²) in [6.07, 6.45) is 2.55. The first kappa shape index (κ1) is 15.6. The summed E-state index contributed by atoms with van der Waals surface area (Å²) in [4.78, 5) is 18.3. The van der Waals surface area contributed by atoms with Crippen molar-refractivity contribution in [1.29, 1.82) is 0 Å². The molecule has 1 N–H and O–H groups in total. The quantitative estimate of drug-likeness (QED) is 0.668. The topological polar surface area (TPSA) is 71.6 Å². The van der Waals surface area contributed by atoms with E-state index in [1.54, 1.807) is 18.2 Å². The van der Waals surface area contributed by atoms with Gasteiger partial charge in [-0.15, -0.1) is 0 Å². The fraction of sp³-hybridized carbons (Fsp3) is 0.133. The van der Waals surface area contributed by atoms with Crippen molar-refractivity contribution in [2.45, 2.75) is 0 Å². The van der Waals surface area contributed by atoms with E-state index in [-0.39, 0.29) is 5.91 Å². The van der Waals surface area contributed by atoms with E-state index in [1.807, 2.05) is 0 Å². The van der Waals surface area contributed by atoms with Gasteiger partial charge < -0.3 is 10.5 Å². The summed E-state index contributed by atoms with van der Waals surface area (Å²) in [5, 5.41) is 15.0. The Bertz CT molecular complexity index is 757. The molecule has 0 radical (unpaired) electrons. The van der Waals surface area contributed by atoms with Crippen molar-refractivity contribution in [1.82, 2.24) is 4.90 Å². The molecule has 8 heteroatoms. The third kappa shape index (κ3) is 3.23. The maximum atomic E-state index is 12.6. The number of guanidine groups is 1. The lowest BCUT2D eigenvalue weighted by Crippen LogP contribution is -2.39. The molecule has 3 rings (SSSR count). The number of aromatic nitrogens is 1. The van der Waals surface area contributed by atoms with Crippen LogP contribution < -0.4 is 10.0 Å². The van der Waals surface area contributed by atoms with Crippen LogP contribution >= 0.6 is 23.2 Å². The third-order valence-corrected chi connectivity index (χ3v) is 3.96. The smallest absolute Gasteiger partial charge is 0.261 e. The number of carbonyl (C=O) groups excluding carboxylic acids is 1. The molecule has 118 valence electrons. The molecule has 0 fully saturated rings. The number of nitrogens with one attached hydrogen (secondary N) is 1.